The maximum Gasteiger partial charge on any atom is 0.241 e. The van der Waals surface area contributed by atoms with Gasteiger partial charge in [0.1, 0.15) is 11.9 Å². The number of nitrogens with two attached hydrogens (primary N) is 1. The Labute approximate surface area is 131 Å². The minimum atomic E-state index is -0.520. The number of benzene rings is 1. The van der Waals surface area contributed by atoms with Crippen LogP contribution in [0.5, 0.6) is 5.75 Å². The number of ether oxygens (including phenoxy) is 1. The first-order chi connectivity index (χ1) is 10.5. The predicted molar refractivity (Wildman–Crippen MR) is 86.8 cm³/mol. The zero-order chi connectivity index (χ0) is 16.1. The lowest BCUT2D eigenvalue weighted by atomic mass is 9.95. The van der Waals surface area contributed by atoms with Crippen LogP contribution >= 0.6 is 0 Å². The van der Waals surface area contributed by atoms with E-state index in [0.29, 0.717) is 11.4 Å². The summed E-state index contributed by atoms with van der Waals surface area (Å²) in [5.74, 6) is 0.610. The van der Waals surface area contributed by atoms with E-state index in [-0.39, 0.29) is 17.9 Å². The summed E-state index contributed by atoms with van der Waals surface area (Å²) in [5, 5.41) is 12.7. The SMILES string of the molecule is CC(C)C(N)C(=O)Nc1ccc(OC2CCCCC2O)cc1. The Kier molecular flexibility index (Phi) is 5.80. The molecular formula is C17H26N2O3. The molecule has 122 valence electrons. The number of anilines is 1. The fourth-order valence-electron chi connectivity index (χ4n) is 2.53. The molecule has 5 heteroatoms. The molecule has 1 saturated carbocycles. The highest BCUT2D eigenvalue weighted by Gasteiger charge is 2.24. The van der Waals surface area contributed by atoms with Crippen molar-refractivity contribution in [3.05, 3.63) is 24.3 Å². The van der Waals surface area contributed by atoms with Gasteiger partial charge in [-0.05, 0) is 49.4 Å². The first-order valence-electron chi connectivity index (χ1n) is 7.98. The highest BCUT2D eigenvalue weighted by atomic mass is 16.5. The minimum absolute atomic E-state index is 0.0930. The highest BCUT2D eigenvalue weighted by molar-refractivity contribution is 5.94. The second kappa shape index (κ2) is 7.61. The molecule has 1 aliphatic carbocycles. The highest BCUT2D eigenvalue weighted by Crippen LogP contribution is 2.25. The Morgan fingerprint density at radius 3 is 2.50 bits per heavy atom. The van der Waals surface area contributed by atoms with E-state index < -0.39 is 12.1 Å². The topological polar surface area (TPSA) is 84.6 Å². The van der Waals surface area contributed by atoms with E-state index in [9.17, 15) is 9.90 Å². The van der Waals surface area contributed by atoms with Crippen LogP contribution < -0.4 is 15.8 Å². The van der Waals surface area contributed by atoms with Gasteiger partial charge >= 0.3 is 0 Å². The lowest BCUT2D eigenvalue weighted by Gasteiger charge is -2.28. The Morgan fingerprint density at radius 1 is 1.27 bits per heavy atom. The standard InChI is InChI=1S/C17H26N2O3/c1-11(2)16(18)17(21)19-12-7-9-13(10-8-12)22-15-6-4-3-5-14(15)20/h7-11,14-16,20H,3-6,18H2,1-2H3,(H,19,21). The molecule has 0 radical (unpaired) electrons. The number of hydrogen-bond acceptors (Lipinski definition) is 4. The van der Waals surface area contributed by atoms with Crippen molar-refractivity contribution in [3.8, 4) is 5.75 Å². The maximum atomic E-state index is 11.9. The van der Waals surface area contributed by atoms with E-state index in [2.05, 4.69) is 5.32 Å². The Balaban J connectivity index is 1.91. The summed E-state index contributed by atoms with van der Waals surface area (Å²) in [6, 6.07) is 6.66. The lowest BCUT2D eigenvalue weighted by molar-refractivity contribution is -0.118. The molecule has 3 atom stereocenters. The van der Waals surface area contributed by atoms with Crippen molar-refractivity contribution in [2.24, 2.45) is 11.7 Å². The van der Waals surface area contributed by atoms with Crippen molar-refractivity contribution >= 4 is 11.6 Å². The largest absolute Gasteiger partial charge is 0.488 e. The molecule has 1 aliphatic rings. The predicted octanol–water partition coefficient (Wildman–Crippen LogP) is 2.29. The van der Waals surface area contributed by atoms with Gasteiger partial charge in [-0.2, -0.15) is 0 Å². The summed E-state index contributed by atoms with van der Waals surface area (Å²) in [4.78, 5) is 11.9. The van der Waals surface area contributed by atoms with Gasteiger partial charge < -0.3 is 20.9 Å². The third-order valence-electron chi connectivity index (χ3n) is 4.10. The molecule has 3 unspecified atom stereocenters. The fraction of sp³-hybridized carbons (Fsp3) is 0.588. The van der Waals surface area contributed by atoms with Crippen LogP contribution in [0, 0.1) is 5.92 Å². The quantitative estimate of drug-likeness (QED) is 0.779. The number of nitrogens with one attached hydrogen (secondary N) is 1. The average Bonchev–Trinajstić information content (AvgIpc) is 2.50. The van der Waals surface area contributed by atoms with Gasteiger partial charge in [-0.15, -0.1) is 0 Å². The summed E-state index contributed by atoms with van der Waals surface area (Å²) in [6.07, 6.45) is 3.29. The van der Waals surface area contributed by atoms with Crippen LogP contribution in [0.25, 0.3) is 0 Å². The molecule has 4 N–H and O–H groups in total. The van der Waals surface area contributed by atoms with E-state index >= 15 is 0 Å². The number of hydrogen-bond donors (Lipinski definition) is 3. The molecule has 0 bridgehead atoms. The van der Waals surface area contributed by atoms with Crippen LogP contribution in [-0.4, -0.2) is 29.3 Å². The summed E-state index contributed by atoms with van der Waals surface area (Å²) < 4.78 is 5.83. The monoisotopic (exact) mass is 306 g/mol. The molecule has 1 fully saturated rings. The second-order valence-electron chi connectivity index (χ2n) is 6.29. The molecule has 0 saturated heterocycles. The summed E-state index contributed by atoms with van der Waals surface area (Å²) >= 11 is 0. The van der Waals surface area contributed by atoms with Gasteiger partial charge in [0, 0.05) is 5.69 Å². The molecule has 0 aliphatic heterocycles. The summed E-state index contributed by atoms with van der Waals surface area (Å²) in [7, 11) is 0. The number of aliphatic hydroxyl groups excluding tert-OH is 1. The van der Waals surface area contributed by atoms with Gasteiger partial charge in [-0.3, -0.25) is 4.79 Å². The van der Waals surface area contributed by atoms with E-state index in [1.807, 2.05) is 13.8 Å². The molecule has 1 aromatic rings. The zero-order valence-electron chi connectivity index (χ0n) is 13.3. The van der Waals surface area contributed by atoms with E-state index in [4.69, 9.17) is 10.5 Å². The smallest absolute Gasteiger partial charge is 0.241 e. The first kappa shape index (κ1) is 16.8. The van der Waals surface area contributed by atoms with Crippen LogP contribution in [0.15, 0.2) is 24.3 Å². The van der Waals surface area contributed by atoms with Gasteiger partial charge in [-0.1, -0.05) is 20.3 Å². The zero-order valence-corrected chi connectivity index (χ0v) is 13.3. The maximum absolute atomic E-state index is 11.9. The number of rotatable bonds is 5. The fourth-order valence-corrected chi connectivity index (χ4v) is 2.53. The van der Waals surface area contributed by atoms with E-state index in [1.165, 1.54) is 0 Å². The van der Waals surface area contributed by atoms with Gasteiger partial charge in [0.15, 0.2) is 0 Å². The van der Waals surface area contributed by atoms with Gasteiger partial charge in [0.05, 0.1) is 12.1 Å². The van der Waals surface area contributed by atoms with Crippen LogP contribution in [0.1, 0.15) is 39.5 Å². The van der Waals surface area contributed by atoms with Crippen LogP contribution in [0.4, 0.5) is 5.69 Å². The van der Waals surface area contributed by atoms with Crippen LogP contribution in [0.2, 0.25) is 0 Å². The molecule has 1 amide bonds. The second-order valence-corrected chi connectivity index (χ2v) is 6.29. The van der Waals surface area contributed by atoms with Gasteiger partial charge in [0.25, 0.3) is 0 Å². The molecule has 22 heavy (non-hydrogen) atoms. The molecule has 2 rings (SSSR count). The molecule has 1 aromatic carbocycles. The molecule has 0 heterocycles. The number of carbonyl (C=O) groups is 1. The lowest BCUT2D eigenvalue weighted by Crippen LogP contribution is -2.39. The average molecular weight is 306 g/mol. The Hall–Kier alpha value is -1.59. The van der Waals surface area contributed by atoms with Crippen molar-refractivity contribution in [3.63, 3.8) is 0 Å². The van der Waals surface area contributed by atoms with Crippen molar-refractivity contribution in [1.82, 2.24) is 0 Å². The summed E-state index contributed by atoms with van der Waals surface area (Å²) in [6.45, 7) is 3.83. The molecule has 0 aromatic heterocycles. The van der Waals surface area contributed by atoms with Crippen molar-refractivity contribution in [2.75, 3.05) is 5.32 Å². The normalized spacial score (nSPS) is 23.1. The van der Waals surface area contributed by atoms with Crippen LogP contribution in [-0.2, 0) is 4.79 Å². The Morgan fingerprint density at radius 2 is 1.91 bits per heavy atom. The van der Waals surface area contributed by atoms with E-state index in [0.717, 1.165) is 25.7 Å². The number of aliphatic hydroxyl groups is 1. The first-order valence-corrected chi connectivity index (χ1v) is 7.98. The third-order valence-corrected chi connectivity index (χ3v) is 4.10. The van der Waals surface area contributed by atoms with Crippen LogP contribution in [0.3, 0.4) is 0 Å². The van der Waals surface area contributed by atoms with Gasteiger partial charge in [0.2, 0.25) is 5.91 Å². The van der Waals surface area contributed by atoms with E-state index in [1.54, 1.807) is 24.3 Å². The van der Waals surface area contributed by atoms with Crippen molar-refractivity contribution in [2.45, 2.75) is 57.8 Å². The Bertz CT molecular complexity index is 487. The molecular weight excluding hydrogens is 280 g/mol. The third kappa shape index (κ3) is 4.45. The number of amides is 1. The summed E-state index contributed by atoms with van der Waals surface area (Å²) in [5.41, 5.74) is 6.50. The molecule has 0 spiro atoms. The minimum Gasteiger partial charge on any atom is -0.488 e. The van der Waals surface area contributed by atoms with Crippen molar-refractivity contribution < 1.29 is 14.6 Å². The number of carbonyl (C=O) groups excluding carboxylic acids is 1. The van der Waals surface area contributed by atoms with Gasteiger partial charge in [-0.25, -0.2) is 0 Å². The molecule has 5 nitrogen and oxygen atoms in total. The van der Waals surface area contributed by atoms with Crippen molar-refractivity contribution in [1.29, 1.82) is 0 Å².